The number of benzene rings is 4. The molecule has 9 unspecified atom stereocenters. The number of thiol groups is 1. The number of halogens is 2. The zero-order valence-electron chi connectivity index (χ0n) is 36.7. The molecule has 330 valence electrons. The fraction of sp³-hybridized carbons (Fsp3) is 0.106. The molecule has 4 bridgehead atoms. The van der Waals surface area contributed by atoms with E-state index in [0.29, 0.717) is 78.5 Å². The number of H-pyrrole nitrogens is 2. The van der Waals surface area contributed by atoms with E-state index in [1.165, 1.54) is 0 Å². The molecule has 20 heteroatoms. The summed E-state index contributed by atoms with van der Waals surface area (Å²) in [5.41, 5.74) is 12.0. The minimum atomic E-state index is -0.611. The van der Waals surface area contributed by atoms with E-state index in [-0.39, 0.29) is 32.5 Å². The lowest BCUT2D eigenvalue weighted by molar-refractivity contribution is 0.571. The lowest BCUT2D eigenvalue weighted by Crippen LogP contribution is -2.41. The van der Waals surface area contributed by atoms with E-state index in [1.807, 2.05) is 38.1 Å². The van der Waals surface area contributed by atoms with Crippen molar-refractivity contribution in [2.45, 2.75) is 39.0 Å². The van der Waals surface area contributed by atoms with Crippen molar-refractivity contribution in [1.82, 2.24) is 19.9 Å². The van der Waals surface area contributed by atoms with Gasteiger partial charge in [0.05, 0.1) is 22.3 Å². The van der Waals surface area contributed by atoms with Crippen molar-refractivity contribution in [3.63, 3.8) is 0 Å². The fourth-order valence-electron chi connectivity index (χ4n) is 9.11. The molecule has 1 aliphatic rings. The molecule has 1 aliphatic carbocycles. The summed E-state index contributed by atoms with van der Waals surface area (Å²) in [5.74, 6) is -1.05. The highest BCUT2D eigenvalue weighted by atomic mass is 32.1. The van der Waals surface area contributed by atoms with Crippen molar-refractivity contribution in [3.8, 4) is 33.4 Å². The second-order valence-electron chi connectivity index (χ2n) is 16.8. The summed E-state index contributed by atoms with van der Waals surface area (Å²) in [6.45, 7) is 11.5. The molecule has 4 aromatic heterocycles. The van der Waals surface area contributed by atoms with Crippen LogP contribution in [0.3, 0.4) is 0 Å². The second-order valence-corrected chi connectivity index (χ2v) is 22.4. The average Bonchev–Trinajstić information content (AvgIpc) is 4.11. The van der Waals surface area contributed by atoms with E-state index in [9.17, 15) is 0 Å². The number of nitrogens with zero attached hydrogens (tertiary/aromatic N) is 2. The largest absolute Gasteiger partial charge is 0.435 e. The van der Waals surface area contributed by atoms with Crippen molar-refractivity contribution >= 4 is 233 Å². The number of nitrogens with one attached hydrogen (secondary N) is 2. The number of aryl methyl sites for hydroxylation is 2. The Kier molecular flexibility index (Phi) is 13.7. The first-order valence-corrected chi connectivity index (χ1v) is 26.2. The molecule has 0 spiro atoms. The zero-order chi connectivity index (χ0) is 48.6. The van der Waals surface area contributed by atoms with E-state index >= 15 is 8.78 Å². The monoisotopic (exact) mass is 1060 g/mol. The van der Waals surface area contributed by atoms with Gasteiger partial charge in [-0.15, -0.1) is 95.8 Å². The number of aromatic amines is 2. The molecule has 5 nitrogen and oxygen atoms in total. The van der Waals surface area contributed by atoms with E-state index < -0.39 is 11.6 Å². The topological polar surface area (TPSA) is 70.5 Å². The van der Waals surface area contributed by atoms with Crippen LogP contribution in [0.25, 0.3) is 83.1 Å². The number of hydrogen-bond acceptors (Lipinski definition) is 4. The van der Waals surface area contributed by atoms with Gasteiger partial charge in [0.25, 0.3) is 0 Å². The molecule has 8 aromatic rings. The summed E-state index contributed by atoms with van der Waals surface area (Å²) in [6, 6.07) is 9.38. The smallest absolute Gasteiger partial charge is 0.229 e. The molecule has 0 aliphatic heterocycles. The predicted molar refractivity (Wildman–Crippen MR) is 324 cm³/mol. The lowest BCUT2D eigenvalue weighted by Gasteiger charge is -2.20. The lowest BCUT2D eigenvalue weighted by atomic mass is 9.84. The summed E-state index contributed by atoms with van der Waals surface area (Å²) in [7, 11) is 46.1. The molecule has 4 heterocycles. The Morgan fingerprint density at radius 3 is 1.82 bits per heavy atom. The highest BCUT2D eigenvalue weighted by molar-refractivity contribution is 7.80. The summed E-state index contributed by atoms with van der Waals surface area (Å²) in [5, 5.41) is 8.42. The van der Waals surface area contributed by atoms with Gasteiger partial charge in [0.15, 0.2) is 11.4 Å². The minimum Gasteiger partial charge on any atom is -0.435 e. The van der Waals surface area contributed by atoms with Gasteiger partial charge in [-0.05, 0) is 122 Å². The third-order valence-corrected chi connectivity index (χ3v) is 20.4. The quantitative estimate of drug-likeness (QED) is 0.134. The van der Waals surface area contributed by atoms with Gasteiger partial charge in [-0.25, -0.2) is 13.8 Å². The minimum absolute atomic E-state index is 0.0692. The van der Waals surface area contributed by atoms with Crippen molar-refractivity contribution in [3.05, 3.63) is 82.3 Å². The molecule has 0 saturated heterocycles. The van der Waals surface area contributed by atoms with Crippen LogP contribution in [0.4, 0.5) is 8.78 Å². The first-order valence-electron chi connectivity index (χ1n) is 20.6. The van der Waals surface area contributed by atoms with E-state index in [1.54, 1.807) is 19.9 Å². The van der Waals surface area contributed by atoms with Crippen molar-refractivity contribution in [1.29, 1.82) is 0 Å². The van der Waals surface area contributed by atoms with Gasteiger partial charge < -0.3 is 14.4 Å². The van der Waals surface area contributed by atoms with Crippen molar-refractivity contribution < 1.29 is 13.2 Å². The SMILES string of the molecule is [B]c1cc(C)c(F)c(P)c1-c1c(C(=C)C)nc(C)c(-c2c(P)c(P)c(P)c(P)c2P)c2ccc([nH]2)c2c(nc3oc4c(F)c(C)c(S)c([B])c4c3c3ccc1[nH]3)Cc1c(P)c([B])c(P)c(P)c1-2. The fourth-order valence-corrected chi connectivity index (χ4v) is 13.7. The highest BCUT2D eigenvalue weighted by Gasteiger charge is 2.29. The van der Waals surface area contributed by atoms with Gasteiger partial charge in [0.2, 0.25) is 5.71 Å². The zero-order valence-corrected chi connectivity index (χ0v) is 48.0. The van der Waals surface area contributed by atoms with Gasteiger partial charge in [0.1, 0.15) is 29.4 Å². The Morgan fingerprint density at radius 2 is 1.19 bits per heavy atom. The highest BCUT2D eigenvalue weighted by Crippen LogP contribution is 2.41. The van der Waals surface area contributed by atoms with E-state index in [0.717, 1.165) is 81.3 Å². The first kappa shape index (κ1) is 49.8. The number of furan rings is 1. The second kappa shape index (κ2) is 18.5. The van der Waals surface area contributed by atoms with Crippen LogP contribution in [0.1, 0.15) is 40.7 Å². The average molecular weight is 1060 g/mol. The standard InChI is InChI=1S/C47H42B3F2N4OP9S/c1-12(2)35-27(25-17(48)10-13(3)33(51)38(25)59)20-8-9-21(55-20)28-29-31(49)46(67)14(4)34(52)36(29)57-47(28)56-22-11-16-24(39(60)42(63)32(50)37(16)58)26(22)19-7-6-18(54-19)23(15(5)53-35)30-40(61)43(64)45(66)44(65)41(30)62/h6-10,54-55,67H,1,11,58-66H2,2-5H3. The molecule has 2 N–H and O–H groups in total. The first-order chi connectivity index (χ1) is 31.6. The molecule has 0 saturated carbocycles. The Bertz CT molecular complexity index is 3750. The normalized spacial score (nSPS) is 12.1. The Labute approximate surface area is 418 Å². The van der Waals surface area contributed by atoms with Gasteiger partial charge in [0, 0.05) is 72.1 Å². The summed E-state index contributed by atoms with van der Waals surface area (Å²) < 4.78 is 39.3. The molecule has 4 aromatic carbocycles. The van der Waals surface area contributed by atoms with Crippen LogP contribution in [0.5, 0.6) is 0 Å². The number of rotatable bonds is 3. The molecule has 67 heavy (non-hydrogen) atoms. The van der Waals surface area contributed by atoms with Crippen LogP contribution in [0.15, 0.2) is 46.2 Å². The summed E-state index contributed by atoms with van der Waals surface area (Å²) in [6.07, 6.45) is 0.366. The molecule has 0 fully saturated rings. The Morgan fingerprint density at radius 1 is 0.642 bits per heavy atom. The number of aromatic nitrogens is 4. The van der Waals surface area contributed by atoms with Crippen LogP contribution in [-0.2, 0) is 6.42 Å². The Balaban J connectivity index is 1.63. The number of hydrogen-bond donors (Lipinski definition) is 3. The van der Waals surface area contributed by atoms with Crippen LogP contribution in [-0.4, -0.2) is 43.5 Å². The van der Waals surface area contributed by atoms with Crippen molar-refractivity contribution in [2.75, 3.05) is 0 Å². The van der Waals surface area contributed by atoms with Gasteiger partial charge >= 0.3 is 0 Å². The van der Waals surface area contributed by atoms with Crippen LogP contribution in [0.2, 0.25) is 0 Å². The van der Waals surface area contributed by atoms with Crippen molar-refractivity contribution in [2.24, 2.45) is 0 Å². The summed E-state index contributed by atoms with van der Waals surface area (Å²) in [4.78, 5) is 18.6. The van der Waals surface area contributed by atoms with Gasteiger partial charge in [-0.2, -0.15) is 0 Å². The maximum absolute atomic E-state index is 16.5. The van der Waals surface area contributed by atoms with E-state index in [2.05, 4.69) is 112 Å². The molecular formula is C47H42B3F2N4OP9S. The van der Waals surface area contributed by atoms with Gasteiger partial charge in [-0.1, -0.05) is 29.0 Å². The number of allylic oxidation sites excluding steroid dienone is 1. The van der Waals surface area contributed by atoms with Crippen LogP contribution >= 0.6 is 95.8 Å². The van der Waals surface area contributed by atoms with Gasteiger partial charge in [-0.3, -0.25) is 4.98 Å². The number of fused-ring (bicyclic) bond motifs is 12. The maximum atomic E-state index is 16.5. The molecule has 9 rings (SSSR count). The molecule has 6 radical (unpaired) electrons. The molecular weight excluding hydrogens is 1020 g/mol. The Hall–Kier alpha value is -2.19. The third kappa shape index (κ3) is 7.89. The molecule has 0 amide bonds. The maximum Gasteiger partial charge on any atom is 0.229 e. The summed E-state index contributed by atoms with van der Waals surface area (Å²) >= 11 is 4.68. The van der Waals surface area contributed by atoms with Crippen LogP contribution < -0.4 is 64.1 Å². The molecule has 9 atom stereocenters. The van der Waals surface area contributed by atoms with Crippen LogP contribution in [0, 0.1) is 32.4 Å². The third-order valence-electron chi connectivity index (χ3n) is 12.6. The van der Waals surface area contributed by atoms with E-state index in [4.69, 9.17) is 37.9 Å². The predicted octanol–water partition coefficient (Wildman–Crippen LogP) is 4.90.